The van der Waals surface area contributed by atoms with E-state index >= 15 is 0 Å². The number of benzene rings is 1. The summed E-state index contributed by atoms with van der Waals surface area (Å²) in [6, 6.07) is 7.54. The Bertz CT molecular complexity index is 448. The van der Waals surface area contributed by atoms with Crippen LogP contribution in [-0.4, -0.2) is 21.0 Å². The van der Waals surface area contributed by atoms with Gasteiger partial charge in [0, 0.05) is 21.6 Å². The summed E-state index contributed by atoms with van der Waals surface area (Å²) in [7, 11) is -0.993. The maximum absolute atomic E-state index is 12.2. The first-order valence-corrected chi connectivity index (χ1v) is 8.02. The van der Waals surface area contributed by atoms with Crippen molar-refractivity contribution in [3.8, 4) is 0 Å². The third-order valence-electron chi connectivity index (χ3n) is 3.54. The van der Waals surface area contributed by atoms with E-state index in [-0.39, 0.29) is 16.8 Å². The van der Waals surface area contributed by atoms with Gasteiger partial charge in [-0.25, -0.2) is 0 Å². The summed E-state index contributed by atoms with van der Waals surface area (Å²) in [5, 5.41) is 0.243. The molecule has 0 amide bonds. The molecule has 0 saturated heterocycles. The van der Waals surface area contributed by atoms with Crippen LogP contribution in [0.3, 0.4) is 0 Å². The molecule has 2 nitrogen and oxygen atoms in total. The number of rotatable bonds is 4. The predicted molar refractivity (Wildman–Crippen MR) is 75.4 cm³/mol. The minimum atomic E-state index is -0.993. The lowest BCUT2D eigenvalue weighted by molar-refractivity contribution is 0.102. The first kappa shape index (κ1) is 13.5. The lowest BCUT2D eigenvalue weighted by Crippen LogP contribution is -2.24. The smallest absolute Gasteiger partial charge is 0.175 e. The van der Waals surface area contributed by atoms with Crippen LogP contribution in [0.15, 0.2) is 24.3 Å². The Kier molecular flexibility index (Phi) is 4.70. The molecule has 1 aliphatic carbocycles. The summed E-state index contributed by atoms with van der Waals surface area (Å²) in [6.07, 6.45) is 5.62. The molecule has 3 heteroatoms. The fourth-order valence-corrected chi connectivity index (χ4v) is 4.00. The van der Waals surface area contributed by atoms with Crippen molar-refractivity contribution in [2.24, 2.45) is 0 Å². The van der Waals surface area contributed by atoms with Gasteiger partial charge in [-0.3, -0.25) is 9.00 Å². The molecule has 98 valence electrons. The maximum Gasteiger partial charge on any atom is 0.175 e. The quantitative estimate of drug-likeness (QED) is 0.782. The van der Waals surface area contributed by atoms with Crippen molar-refractivity contribution in [3.63, 3.8) is 0 Å². The van der Waals surface area contributed by atoms with Gasteiger partial charge in [0.1, 0.15) is 0 Å². The van der Waals surface area contributed by atoms with Gasteiger partial charge in [-0.05, 0) is 25.8 Å². The zero-order chi connectivity index (χ0) is 13.0. The summed E-state index contributed by atoms with van der Waals surface area (Å²) in [5.41, 5.74) is 1.77. The molecule has 1 saturated carbocycles. The molecule has 0 radical (unpaired) electrons. The van der Waals surface area contributed by atoms with Crippen molar-refractivity contribution in [2.75, 3.05) is 5.75 Å². The highest BCUT2D eigenvalue weighted by atomic mass is 32.2. The summed E-state index contributed by atoms with van der Waals surface area (Å²) in [6.45, 7) is 1.97. The molecule has 2 rings (SSSR count). The zero-order valence-corrected chi connectivity index (χ0v) is 11.7. The van der Waals surface area contributed by atoms with Crippen LogP contribution in [0, 0.1) is 6.92 Å². The Morgan fingerprint density at radius 3 is 2.67 bits per heavy atom. The average molecular weight is 264 g/mol. The summed E-state index contributed by atoms with van der Waals surface area (Å²) < 4.78 is 12.2. The van der Waals surface area contributed by atoms with Crippen molar-refractivity contribution in [1.29, 1.82) is 0 Å². The fraction of sp³-hybridized carbons (Fsp3) is 0.533. The molecular weight excluding hydrogens is 244 g/mol. The van der Waals surface area contributed by atoms with E-state index in [4.69, 9.17) is 0 Å². The number of Topliss-reactive ketones (excluding diaryl/α,β-unsaturated/α-hetero) is 1. The molecule has 0 aliphatic heterocycles. The van der Waals surface area contributed by atoms with E-state index in [0.717, 1.165) is 31.2 Å². The third kappa shape index (κ3) is 3.52. The molecule has 1 aromatic carbocycles. The van der Waals surface area contributed by atoms with Gasteiger partial charge in [0.15, 0.2) is 5.78 Å². The normalized spacial score (nSPS) is 18.5. The van der Waals surface area contributed by atoms with Gasteiger partial charge in [0.25, 0.3) is 0 Å². The van der Waals surface area contributed by atoms with Gasteiger partial charge in [0.2, 0.25) is 0 Å². The molecule has 1 aliphatic rings. The average Bonchev–Trinajstić information content (AvgIpc) is 2.39. The van der Waals surface area contributed by atoms with Crippen molar-refractivity contribution in [3.05, 3.63) is 35.4 Å². The van der Waals surface area contributed by atoms with Gasteiger partial charge in [0.05, 0.1) is 5.75 Å². The second-order valence-electron chi connectivity index (χ2n) is 5.08. The van der Waals surface area contributed by atoms with Gasteiger partial charge in [-0.1, -0.05) is 43.0 Å². The van der Waals surface area contributed by atoms with E-state index in [0.29, 0.717) is 5.56 Å². The van der Waals surface area contributed by atoms with Gasteiger partial charge in [-0.15, -0.1) is 0 Å². The molecule has 0 bridgehead atoms. The standard InChI is InChI=1S/C15H20O2S/c1-12-6-5-7-13(10-12)15(16)11-18(17)14-8-3-2-4-9-14/h5-7,10,14H,2-4,8-9,11H2,1H3. The van der Waals surface area contributed by atoms with Gasteiger partial charge in [-0.2, -0.15) is 0 Å². The number of ketones is 1. The van der Waals surface area contributed by atoms with Crippen molar-refractivity contribution in [2.45, 2.75) is 44.3 Å². The minimum absolute atomic E-state index is 0.0163. The molecular formula is C15H20O2S. The Morgan fingerprint density at radius 2 is 2.00 bits per heavy atom. The van der Waals surface area contributed by atoms with Crippen LogP contribution < -0.4 is 0 Å². The van der Waals surface area contributed by atoms with Crippen LogP contribution in [0.5, 0.6) is 0 Å². The van der Waals surface area contributed by atoms with Crippen LogP contribution in [0.25, 0.3) is 0 Å². The lowest BCUT2D eigenvalue weighted by Gasteiger charge is -2.20. The number of carbonyl (C=O) groups excluding carboxylic acids is 1. The second-order valence-corrected chi connectivity index (χ2v) is 6.79. The predicted octanol–water partition coefficient (Wildman–Crippen LogP) is 3.26. The lowest BCUT2D eigenvalue weighted by atomic mass is 10.0. The first-order valence-electron chi connectivity index (χ1n) is 6.64. The van der Waals surface area contributed by atoms with E-state index in [9.17, 15) is 9.00 Å². The van der Waals surface area contributed by atoms with Crippen molar-refractivity contribution in [1.82, 2.24) is 0 Å². The highest BCUT2D eigenvalue weighted by Crippen LogP contribution is 2.22. The highest BCUT2D eigenvalue weighted by molar-refractivity contribution is 7.86. The summed E-state index contributed by atoms with van der Waals surface area (Å²) in [4.78, 5) is 12.1. The zero-order valence-electron chi connectivity index (χ0n) is 10.9. The topological polar surface area (TPSA) is 34.1 Å². The summed E-state index contributed by atoms with van der Waals surface area (Å²) in [5.74, 6) is 0.205. The van der Waals surface area contributed by atoms with E-state index in [2.05, 4.69) is 0 Å². The molecule has 1 aromatic rings. The summed E-state index contributed by atoms with van der Waals surface area (Å²) >= 11 is 0. The van der Waals surface area contributed by atoms with Crippen LogP contribution in [0.2, 0.25) is 0 Å². The van der Waals surface area contributed by atoms with E-state index < -0.39 is 10.8 Å². The molecule has 0 N–H and O–H groups in total. The van der Waals surface area contributed by atoms with Crippen LogP contribution in [-0.2, 0) is 10.8 Å². The number of hydrogen-bond donors (Lipinski definition) is 0. The largest absolute Gasteiger partial charge is 0.293 e. The molecule has 1 atom stereocenters. The van der Waals surface area contributed by atoms with Crippen molar-refractivity contribution < 1.29 is 9.00 Å². The Morgan fingerprint density at radius 1 is 1.28 bits per heavy atom. The number of hydrogen-bond acceptors (Lipinski definition) is 2. The number of aryl methyl sites for hydroxylation is 1. The Labute approximate surface area is 111 Å². The van der Waals surface area contributed by atoms with E-state index in [1.165, 1.54) is 6.42 Å². The fourth-order valence-electron chi connectivity index (χ4n) is 2.48. The molecule has 0 spiro atoms. The molecule has 1 fully saturated rings. The molecule has 1 unspecified atom stereocenters. The first-order chi connectivity index (χ1) is 8.66. The SMILES string of the molecule is Cc1cccc(C(=O)CS(=O)C2CCCCC2)c1. The second kappa shape index (κ2) is 6.28. The monoisotopic (exact) mass is 264 g/mol. The van der Waals surface area contributed by atoms with E-state index in [1.54, 1.807) is 0 Å². The third-order valence-corrected chi connectivity index (χ3v) is 5.30. The molecule has 0 aromatic heterocycles. The minimum Gasteiger partial charge on any atom is -0.293 e. The number of carbonyl (C=O) groups is 1. The van der Waals surface area contributed by atoms with Crippen LogP contribution in [0.4, 0.5) is 0 Å². The molecule has 0 heterocycles. The maximum atomic E-state index is 12.2. The Balaban J connectivity index is 1.96. The van der Waals surface area contributed by atoms with E-state index in [1.807, 2.05) is 31.2 Å². The van der Waals surface area contributed by atoms with Crippen LogP contribution in [0.1, 0.15) is 48.0 Å². The van der Waals surface area contributed by atoms with Gasteiger partial charge < -0.3 is 0 Å². The van der Waals surface area contributed by atoms with Crippen molar-refractivity contribution >= 4 is 16.6 Å². The Hall–Kier alpha value is -0.960. The molecule has 18 heavy (non-hydrogen) atoms. The van der Waals surface area contributed by atoms with Crippen LogP contribution >= 0.6 is 0 Å². The highest BCUT2D eigenvalue weighted by Gasteiger charge is 2.22. The van der Waals surface area contributed by atoms with Gasteiger partial charge >= 0.3 is 0 Å².